The molecule has 1 N–H and O–H groups in total. The first-order chi connectivity index (χ1) is 6.68. The molecule has 0 atom stereocenters. The van der Waals surface area contributed by atoms with Gasteiger partial charge in [0.1, 0.15) is 0 Å². The third-order valence-electron chi connectivity index (χ3n) is 2.56. The fourth-order valence-corrected chi connectivity index (χ4v) is 2.13. The number of anilines is 1. The minimum absolute atomic E-state index is 0.880. The van der Waals surface area contributed by atoms with E-state index >= 15 is 0 Å². The largest absolute Gasteiger partial charge is 0.372 e. The van der Waals surface area contributed by atoms with Gasteiger partial charge in [0.25, 0.3) is 0 Å². The molecule has 1 aromatic rings. The van der Waals surface area contributed by atoms with Gasteiger partial charge in [-0.05, 0) is 31.9 Å². The molecule has 2 rings (SSSR count). The summed E-state index contributed by atoms with van der Waals surface area (Å²) >= 11 is 0. The van der Waals surface area contributed by atoms with Crippen LogP contribution in [0, 0.1) is 20.8 Å². The van der Waals surface area contributed by atoms with Gasteiger partial charge in [0, 0.05) is 18.1 Å². The van der Waals surface area contributed by atoms with Crippen molar-refractivity contribution in [3.63, 3.8) is 0 Å². The van der Waals surface area contributed by atoms with E-state index in [0.717, 1.165) is 6.67 Å². The first kappa shape index (κ1) is 9.13. The molecule has 0 aliphatic carbocycles. The Morgan fingerprint density at radius 3 is 2.29 bits per heavy atom. The molecule has 1 aliphatic heterocycles. The molecule has 74 valence electrons. The summed E-state index contributed by atoms with van der Waals surface area (Å²) in [4.78, 5) is 2.24. The molecular weight excluding hydrogens is 172 g/mol. The smallest absolute Gasteiger partial charge is 0.0916 e. The third-order valence-corrected chi connectivity index (χ3v) is 2.56. The van der Waals surface area contributed by atoms with Crippen LogP contribution in [-0.2, 0) is 0 Å². The van der Waals surface area contributed by atoms with Gasteiger partial charge >= 0.3 is 0 Å². The Morgan fingerprint density at radius 2 is 1.79 bits per heavy atom. The lowest BCUT2D eigenvalue weighted by molar-refractivity contribution is 0.894. The number of nitrogens with one attached hydrogen (secondary N) is 1. The molecule has 0 aromatic heterocycles. The standard InChI is InChI=1S/C12H16N2/c1-9-6-10(2)12(11(3)7-9)14-5-4-13-8-14/h4-7,13H,8H2,1-3H3. The van der Waals surface area contributed by atoms with Crippen molar-refractivity contribution in [1.29, 1.82) is 0 Å². The van der Waals surface area contributed by atoms with Gasteiger partial charge in [0.2, 0.25) is 0 Å². The fraction of sp³-hybridized carbons (Fsp3) is 0.333. The van der Waals surface area contributed by atoms with Crippen LogP contribution in [0.25, 0.3) is 0 Å². The lowest BCUT2D eigenvalue weighted by Gasteiger charge is -2.20. The average molecular weight is 188 g/mol. The molecule has 0 saturated carbocycles. The predicted molar refractivity (Wildman–Crippen MR) is 60.3 cm³/mol. The third kappa shape index (κ3) is 1.48. The van der Waals surface area contributed by atoms with Gasteiger partial charge in [0.15, 0.2) is 0 Å². The minimum atomic E-state index is 0.880. The Morgan fingerprint density at radius 1 is 1.14 bits per heavy atom. The Hall–Kier alpha value is -1.44. The SMILES string of the molecule is Cc1cc(C)c(N2C=CNC2)c(C)c1. The van der Waals surface area contributed by atoms with Crippen LogP contribution >= 0.6 is 0 Å². The van der Waals surface area contributed by atoms with E-state index in [2.05, 4.69) is 49.3 Å². The van der Waals surface area contributed by atoms with E-state index in [9.17, 15) is 0 Å². The summed E-state index contributed by atoms with van der Waals surface area (Å²) in [6.07, 6.45) is 4.07. The van der Waals surface area contributed by atoms with Crippen molar-refractivity contribution in [2.45, 2.75) is 20.8 Å². The van der Waals surface area contributed by atoms with Gasteiger partial charge in [-0.2, -0.15) is 0 Å². The number of hydrogen-bond acceptors (Lipinski definition) is 2. The molecule has 2 heteroatoms. The Balaban J connectivity index is 2.46. The Bertz CT molecular complexity index is 357. The molecule has 2 nitrogen and oxygen atoms in total. The van der Waals surface area contributed by atoms with E-state index in [0.29, 0.717) is 0 Å². The first-order valence-electron chi connectivity index (χ1n) is 4.93. The van der Waals surface area contributed by atoms with Crippen LogP contribution in [0.2, 0.25) is 0 Å². The van der Waals surface area contributed by atoms with Crippen molar-refractivity contribution in [2.75, 3.05) is 11.6 Å². The molecule has 14 heavy (non-hydrogen) atoms. The highest BCUT2D eigenvalue weighted by atomic mass is 15.2. The van der Waals surface area contributed by atoms with E-state index in [1.54, 1.807) is 0 Å². The number of hydrogen-bond donors (Lipinski definition) is 1. The van der Waals surface area contributed by atoms with Crippen molar-refractivity contribution in [3.8, 4) is 0 Å². The summed E-state index contributed by atoms with van der Waals surface area (Å²) in [6, 6.07) is 4.46. The van der Waals surface area contributed by atoms with Crippen molar-refractivity contribution in [1.82, 2.24) is 5.32 Å². The zero-order valence-electron chi connectivity index (χ0n) is 8.96. The van der Waals surface area contributed by atoms with Gasteiger partial charge in [-0.1, -0.05) is 17.7 Å². The van der Waals surface area contributed by atoms with Crippen LogP contribution in [0.4, 0.5) is 5.69 Å². The van der Waals surface area contributed by atoms with Gasteiger partial charge in [-0.3, -0.25) is 0 Å². The van der Waals surface area contributed by atoms with Gasteiger partial charge in [-0.15, -0.1) is 0 Å². The van der Waals surface area contributed by atoms with E-state index in [1.807, 2.05) is 6.20 Å². The normalized spacial score (nSPS) is 14.6. The number of nitrogens with zero attached hydrogens (tertiary/aromatic N) is 1. The summed E-state index contributed by atoms with van der Waals surface area (Å²) < 4.78 is 0. The number of aryl methyl sites for hydroxylation is 3. The van der Waals surface area contributed by atoms with Crippen LogP contribution in [0.5, 0.6) is 0 Å². The topological polar surface area (TPSA) is 15.3 Å². The van der Waals surface area contributed by atoms with E-state index in [4.69, 9.17) is 0 Å². The average Bonchev–Trinajstić information content (AvgIpc) is 2.54. The maximum atomic E-state index is 3.19. The minimum Gasteiger partial charge on any atom is -0.372 e. The molecule has 1 aromatic carbocycles. The maximum absolute atomic E-state index is 3.19. The molecule has 0 spiro atoms. The fourth-order valence-electron chi connectivity index (χ4n) is 2.13. The lowest BCUT2D eigenvalue weighted by atomic mass is 10.0. The van der Waals surface area contributed by atoms with Crippen LogP contribution in [0.15, 0.2) is 24.5 Å². The summed E-state index contributed by atoms with van der Waals surface area (Å²) in [7, 11) is 0. The highest BCUT2D eigenvalue weighted by molar-refractivity contribution is 5.62. The second kappa shape index (κ2) is 3.37. The molecular formula is C12H16N2. The Kier molecular flexibility index (Phi) is 2.20. The second-order valence-corrected chi connectivity index (χ2v) is 3.90. The summed E-state index contributed by atoms with van der Waals surface area (Å²) in [6.45, 7) is 7.36. The highest BCUT2D eigenvalue weighted by Crippen LogP contribution is 2.26. The summed E-state index contributed by atoms with van der Waals surface area (Å²) in [5.41, 5.74) is 5.35. The van der Waals surface area contributed by atoms with Gasteiger partial charge in [-0.25, -0.2) is 0 Å². The second-order valence-electron chi connectivity index (χ2n) is 3.90. The number of benzene rings is 1. The predicted octanol–water partition coefficient (Wildman–Crippen LogP) is 2.45. The zero-order valence-corrected chi connectivity index (χ0v) is 8.96. The number of rotatable bonds is 1. The molecule has 1 aliphatic rings. The van der Waals surface area contributed by atoms with E-state index in [-0.39, 0.29) is 0 Å². The molecule has 0 radical (unpaired) electrons. The highest BCUT2D eigenvalue weighted by Gasteiger charge is 2.11. The summed E-state index contributed by atoms with van der Waals surface area (Å²) in [5, 5.41) is 3.19. The maximum Gasteiger partial charge on any atom is 0.0916 e. The van der Waals surface area contributed by atoms with Crippen molar-refractivity contribution < 1.29 is 0 Å². The van der Waals surface area contributed by atoms with E-state index < -0.39 is 0 Å². The monoisotopic (exact) mass is 188 g/mol. The van der Waals surface area contributed by atoms with Gasteiger partial charge in [0.05, 0.1) is 6.67 Å². The van der Waals surface area contributed by atoms with Crippen molar-refractivity contribution in [2.24, 2.45) is 0 Å². The quantitative estimate of drug-likeness (QED) is 0.728. The van der Waals surface area contributed by atoms with Crippen molar-refractivity contribution >= 4 is 5.69 Å². The van der Waals surface area contributed by atoms with E-state index in [1.165, 1.54) is 22.4 Å². The lowest BCUT2D eigenvalue weighted by Crippen LogP contribution is -2.21. The van der Waals surface area contributed by atoms with Crippen LogP contribution in [0.1, 0.15) is 16.7 Å². The first-order valence-corrected chi connectivity index (χ1v) is 4.93. The van der Waals surface area contributed by atoms with Crippen LogP contribution < -0.4 is 10.2 Å². The zero-order chi connectivity index (χ0) is 10.1. The molecule has 0 saturated heterocycles. The molecule has 1 heterocycles. The molecule has 0 unspecified atom stereocenters. The summed E-state index contributed by atoms with van der Waals surface area (Å²) in [5.74, 6) is 0. The molecule has 0 amide bonds. The molecule has 0 fully saturated rings. The Labute approximate surface area is 85.2 Å². The van der Waals surface area contributed by atoms with Crippen LogP contribution in [-0.4, -0.2) is 6.67 Å². The van der Waals surface area contributed by atoms with Crippen molar-refractivity contribution in [3.05, 3.63) is 41.2 Å². The van der Waals surface area contributed by atoms with Crippen LogP contribution in [0.3, 0.4) is 0 Å². The van der Waals surface area contributed by atoms with Gasteiger partial charge < -0.3 is 10.2 Å². The molecule has 0 bridgehead atoms.